The molecule has 0 saturated carbocycles. The highest BCUT2D eigenvalue weighted by Gasteiger charge is 2.16. The first-order valence-corrected chi connectivity index (χ1v) is 4.84. The largest absolute Gasteiger partial charge is 0.476 e. The summed E-state index contributed by atoms with van der Waals surface area (Å²) in [6.45, 7) is 3.96. The van der Waals surface area contributed by atoms with E-state index >= 15 is 0 Å². The number of nitrogens with zero attached hydrogens (tertiary/aromatic N) is 1. The smallest absolute Gasteiger partial charge is 0.355 e. The molecule has 0 aliphatic carbocycles. The molecule has 0 radical (unpaired) electrons. The second-order valence-corrected chi connectivity index (χ2v) is 4.04. The van der Waals surface area contributed by atoms with E-state index < -0.39 is 5.97 Å². The maximum Gasteiger partial charge on any atom is 0.355 e. The normalized spacial score (nSPS) is 13.2. The summed E-state index contributed by atoms with van der Waals surface area (Å²) in [6, 6.07) is -0.168. The monoisotopic (exact) mass is 200 g/mol. The molecule has 1 aromatic rings. The van der Waals surface area contributed by atoms with E-state index in [0.717, 1.165) is 0 Å². The molecule has 0 fully saturated rings. The summed E-state index contributed by atoms with van der Waals surface area (Å²) >= 11 is 1.30. The lowest BCUT2D eigenvalue weighted by Gasteiger charge is -2.11. The van der Waals surface area contributed by atoms with Crippen molar-refractivity contribution in [2.45, 2.75) is 19.9 Å². The van der Waals surface area contributed by atoms with E-state index in [1.54, 1.807) is 0 Å². The van der Waals surface area contributed by atoms with Crippen molar-refractivity contribution in [1.29, 1.82) is 0 Å². The minimum Gasteiger partial charge on any atom is -0.476 e. The number of aromatic nitrogens is 1. The van der Waals surface area contributed by atoms with Gasteiger partial charge in [-0.25, -0.2) is 9.78 Å². The molecule has 1 rings (SSSR count). The zero-order chi connectivity index (χ0) is 10.0. The lowest BCUT2D eigenvalue weighted by atomic mass is 10.1. The number of rotatable bonds is 3. The fourth-order valence-electron chi connectivity index (χ4n) is 0.824. The van der Waals surface area contributed by atoms with Gasteiger partial charge in [0.15, 0.2) is 5.69 Å². The maximum absolute atomic E-state index is 10.5. The summed E-state index contributed by atoms with van der Waals surface area (Å²) in [5.74, 6) is -0.730. The predicted octanol–water partition coefficient (Wildman–Crippen LogP) is 1.50. The first kappa shape index (κ1) is 10.1. The van der Waals surface area contributed by atoms with Crippen molar-refractivity contribution in [3.8, 4) is 0 Å². The Morgan fingerprint density at radius 2 is 2.31 bits per heavy atom. The molecule has 0 spiro atoms. The van der Waals surface area contributed by atoms with Gasteiger partial charge in [-0.15, -0.1) is 11.3 Å². The van der Waals surface area contributed by atoms with Gasteiger partial charge in [0, 0.05) is 5.38 Å². The van der Waals surface area contributed by atoms with E-state index in [0.29, 0.717) is 5.01 Å². The predicted molar refractivity (Wildman–Crippen MR) is 50.8 cm³/mol. The number of hydrogen-bond acceptors (Lipinski definition) is 4. The van der Waals surface area contributed by atoms with Crippen molar-refractivity contribution in [2.75, 3.05) is 0 Å². The third kappa shape index (κ3) is 2.26. The van der Waals surface area contributed by atoms with Gasteiger partial charge < -0.3 is 10.8 Å². The second kappa shape index (κ2) is 3.85. The standard InChI is InChI=1S/C8H12N2O2S/c1-4(2)6(9)7-10-5(3-13-7)8(11)12/h3-4,6H,9H2,1-2H3,(H,11,12). The number of hydrogen-bond donors (Lipinski definition) is 2. The minimum absolute atomic E-state index is 0.0797. The SMILES string of the molecule is CC(C)C(N)c1nc(C(=O)O)cs1. The summed E-state index contributed by atoms with van der Waals surface area (Å²) in [5.41, 5.74) is 5.89. The molecule has 0 bridgehead atoms. The van der Waals surface area contributed by atoms with Gasteiger partial charge >= 0.3 is 5.97 Å². The molecule has 72 valence electrons. The van der Waals surface area contributed by atoms with Crippen LogP contribution in [0.25, 0.3) is 0 Å². The summed E-state index contributed by atoms with van der Waals surface area (Å²) in [5, 5.41) is 10.8. The quantitative estimate of drug-likeness (QED) is 0.775. The number of carboxylic acids is 1. The van der Waals surface area contributed by atoms with Gasteiger partial charge in [0.25, 0.3) is 0 Å². The van der Waals surface area contributed by atoms with Crippen molar-refractivity contribution in [2.24, 2.45) is 11.7 Å². The maximum atomic E-state index is 10.5. The molecule has 5 heteroatoms. The van der Waals surface area contributed by atoms with Crippen LogP contribution in [-0.2, 0) is 0 Å². The molecule has 0 saturated heterocycles. The van der Waals surface area contributed by atoms with Crippen LogP contribution in [-0.4, -0.2) is 16.1 Å². The van der Waals surface area contributed by atoms with Crippen LogP contribution in [0.2, 0.25) is 0 Å². The van der Waals surface area contributed by atoms with Crippen molar-refractivity contribution in [3.05, 3.63) is 16.1 Å². The van der Waals surface area contributed by atoms with Gasteiger partial charge in [-0.2, -0.15) is 0 Å². The zero-order valence-corrected chi connectivity index (χ0v) is 8.34. The van der Waals surface area contributed by atoms with Crippen molar-refractivity contribution < 1.29 is 9.90 Å². The average Bonchev–Trinajstić information content (AvgIpc) is 2.50. The Morgan fingerprint density at radius 3 is 2.69 bits per heavy atom. The number of nitrogens with two attached hydrogens (primary N) is 1. The summed E-state index contributed by atoms with van der Waals surface area (Å²) in [6.07, 6.45) is 0. The molecular weight excluding hydrogens is 188 g/mol. The summed E-state index contributed by atoms with van der Waals surface area (Å²) < 4.78 is 0. The number of carbonyl (C=O) groups is 1. The van der Waals surface area contributed by atoms with E-state index in [4.69, 9.17) is 10.8 Å². The minimum atomic E-state index is -1.00. The van der Waals surface area contributed by atoms with Crippen LogP contribution in [0.1, 0.15) is 35.4 Å². The first-order chi connectivity index (χ1) is 6.02. The second-order valence-electron chi connectivity index (χ2n) is 3.15. The average molecular weight is 200 g/mol. The highest BCUT2D eigenvalue weighted by atomic mass is 32.1. The molecule has 4 nitrogen and oxygen atoms in total. The highest BCUT2D eigenvalue weighted by Crippen LogP contribution is 2.22. The Morgan fingerprint density at radius 1 is 1.69 bits per heavy atom. The van der Waals surface area contributed by atoms with Crippen molar-refractivity contribution >= 4 is 17.3 Å². The Labute approximate surface area is 80.4 Å². The van der Waals surface area contributed by atoms with Crippen LogP contribution in [0.5, 0.6) is 0 Å². The molecular formula is C8H12N2O2S. The van der Waals surface area contributed by atoms with E-state index in [9.17, 15) is 4.79 Å². The molecule has 1 heterocycles. The number of carboxylic acid groups (broad SMARTS) is 1. The molecule has 0 aliphatic rings. The molecule has 1 aromatic heterocycles. The lowest BCUT2D eigenvalue weighted by molar-refractivity contribution is 0.0691. The van der Waals surface area contributed by atoms with Crippen molar-refractivity contribution in [3.63, 3.8) is 0 Å². The molecule has 0 aliphatic heterocycles. The van der Waals surface area contributed by atoms with E-state index in [1.807, 2.05) is 13.8 Å². The Kier molecular flexibility index (Phi) is 3.00. The van der Waals surface area contributed by atoms with E-state index in [1.165, 1.54) is 16.7 Å². The van der Waals surface area contributed by atoms with Gasteiger partial charge in [-0.3, -0.25) is 0 Å². The molecule has 1 atom stereocenters. The summed E-state index contributed by atoms with van der Waals surface area (Å²) in [7, 11) is 0. The molecule has 1 unspecified atom stereocenters. The van der Waals surface area contributed by atoms with Gasteiger partial charge in [0.05, 0.1) is 6.04 Å². The molecule has 3 N–H and O–H groups in total. The molecule has 0 amide bonds. The molecule has 0 aromatic carbocycles. The van der Waals surface area contributed by atoms with Crippen LogP contribution in [0, 0.1) is 5.92 Å². The topological polar surface area (TPSA) is 76.2 Å². The van der Waals surface area contributed by atoms with Crippen LogP contribution in [0.15, 0.2) is 5.38 Å². The van der Waals surface area contributed by atoms with E-state index in [2.05, 4.69) is 4.98 Å². The Bertz CT molecular complexity index is 309. The van der Waals surface area contributed by atoms with Crippen molar-refractivity contribution in [1.82, 2.24) is 4.98 Å². The number of aromatic carboxylic acids is 1. The summed E-state index contributed by atoms with van der Waals surface area (Å²) in [4.78, 5) is 14.4. The fourth-order valence-corrected chi connectivity index (χ4v) is 1.79. The lowest BCUT2D eigenvalue weighted by Crippen LogP contribution is -2.16. The number of thiazole rings is 1. The third-order valence-corrected chi connectivity index (χ3v) is 2.69. The zero-order valence-electron chi connectivity index (χ0n) is 7.52. The molecule has 13 heavy (non-hydrogen) atoms. The van der Waals surface area contributed by atoms with E-state index in [-0.39, 0.29) is 17.7 Å². The Balaban J connectivity index is 2.85. The van der Waals surface area contributed by atoms with Gasteiger partial charge in [-0.05, 0) is 5.92 Å². The van der Waals surface area contributed by atoms with Crippen LogP contribution in [0.4, 0.5) is 0 Å². The first-order valence-electron chi connectivity index (χ1n) is 3.96. The highest BCUT2D eigenvalue weighted by molar-refractivity contribution is 7.09. The van der Waals surface area contributed by atoms with Crippen LogP contribution < -0.4 is 5.73 Å². The van der Waals surface area contributed by atoms with Gasteiger partial charge in [-0.1, -0.05) is 13.8 Å². The van der Waals surface area contributed by atoms with Crippen LogP contribution in [0.3, 0.4) is 0 Å². The van der Waals surface area contributed by atoms with Gasteiger partial charge in [0.1, 0.15) is 5.01 Å². The fraction of sp³-hybridized carbons (Fsp3) is 0.500. The Hall–Kier alpha value is -0.940. The third-order valence-electron chi connectivity index (χ3n) is 1.74. The van der Waals surface area contributed by atoms with Crippen LogP contribution >= 0.6 is 11.3 Å². The van der Waals surface area contributed by atoms with Gasteiger partial charge in [0.2, 0.25) is 0 Å².